The molecule has 0 amide bonds. The molecule has 0 aliphatic rings. The van der Waals surface area contributed by atoms with E-state index >= 15 is 0 Å². The molecule has 0 spiro atoms. The first kappa shape index (κ1) is 15.2. The molecule has 1 nitrogen and oxygen atoms in total. The van der Waals surface area contributed by atoms with Gasteiger partial charge in [0.05, 0.1) is 7.11 Å². The van der Waals surface area contributed by atoms with Crippen LogP contribution in [0.2, 0.25) is 5.02 Å². The highest BCUT2D eigenvalue weighted by atomic mass is 35.5. The number of halogens is 2. The molecule has 0 saturated heterocycles. The Hall–Kier alpha value is -1.18. The van der Waals surface area contributed by atoms with Crippen LogP contribution in [-0.4, -0.2) is 13.0 Å². The van der Waals surface area contributed by atoms with Gasteiger partial charge in [-0.1, -0.05) is 35.9 Å². The van der Waals surface area contributed by atoms with Crippen molar-refractivity contribution in [2.75, 3.05) is 13.0 Å². The summed E-state index contributed by atoms with van der Waals surface area (Å²) in [7, 11) is 1.68. The summed E-state index contributed by atoms with van der Waals surface area (Å²) in [6.07, 6.45) is 1.90. The van der Waals surface area contributed by atoms with Crippen LogP contribution in [0.25, 0.3) is 0 Å². The van der Waals surface area contributed by atoms with E-state index in [1.54, 1.807) is 7.11 Å². The lowest BCUT2D eigenvalue weighted by molar-refractivity contribution is 0.414. The van der Waals surface area contributed by atoms with Gasteiger partial charge in [0.25, 0.3) is 0 Å². The fourth-order valence-electron chi connectivity index (χ4n) is 2.27. The Balaban J connectivity index is 2.01. The van der Waals surface area contributed by atoms with E-state index in [9.17, 15) is 0 Å². The molecule has 0 N–H and O–H groups in total. The highest BCUT2D eigenvalue weighted by Gasteiger charge is 2.10. The average Bonchev–Trinajstić information content (AvgIpc) is 2.47. The second-order valence-electron chi connectivity index (χ2n) is 4.91. The Bertz CT molecular complexity index is 537. The summed E-state index contributed by atoms with van der Waals surface area (Å²) in [4.78, 5) is 0. The van der Waals surface area contributed by atoms with Gasteiger partial charge in [-0.15, -0.1) is 11.6 Å². The minimum absolute atomic E-state index is 0.406. The van der Waals surface area contributed by atoms with Crippen LogP contribution >= 0.6 is 23.2 Å². The van der Waals surface area contributed by atoms with E-state index in [1.165, 1.54) is 11.1 Å². The molecule has 3 heteroatoms. The van der Waals surface area contributed by atoms with Crippen molar-refractivity contribution in [3.63, 3.8) is 0 Å². The van der Waals surface area contributed by atoms with Crippen LogP contribution in [0.3, 0.4) is 0 Å². The van der Waals surface area contributed by atoms with Crippen LogP contribution < -0.4 is 4.74 Å². The van der Waals surface area contributed by atoms with E-state index in [4.69, 9.17) is 27.9 Å². The van der Waals surface area contributed by atoms with E-state index < -0.39 is 0 Å². The molecule has 2 aromatic carbocycles. The first-order valence-electron chi connectivity index (χ1n) is 6.64. The van der Waals surface area contributed by atoms with Crippen LogP contribution in [-0.2, 0) is 12.8 Å². The van der Waals surface area contributed by atoms with Crippen LogP contribution in [0.1, 0.15) is 11.1 Å². The zero-order valence-corrected chi connectivity index (χ0v) is 13.0. The van der Waals surface area contributed by atoms with Crippen molar-refractivity contribution in [3.05, 3.63) is 64.7 Å². The van der Waals surface area contributed by atoms with Crippen molar-refractivity contribution < 1.29 is 4.74 Å². The highest BCUT2D eigenvalue weighted by Crippen LogP contribution is 2.20. The van der Waals surface area contributed by atoms with Crippen molar-refractivity contribution in [3.8, 4) is 5.75 Å². The van der Waals surface area contributed by atoms with Gasteiger partial charge in [0.2, 0.25) is 0 Å². The van der Waals surface area contributed by atoms with Gasteiger partial charge in [-0.05, 0) is 54.2 Å². The fourth-order valence-corrected chi connectivity index (χ4v) is 2.70. The molecule has 20 heavy (non-hydrogen) atoms. The molecule has 2 aromatic rings. The first-order chi connectivity index (χ1) is 9.71. The Morgan fingerprint density at radius 1 is 1.00 bits per heavy atom. The second-order valence-corrected chi connectivity index (χ2v) is 5.65. The molecule has 0 fully saturated rings. The van der Waals surface area contributed by atoms with Gasteiger partial charge in [0, 0.05) is 10.9 Å². The normalized spacial score (nSPS) is 12.2. The molecule has 2 rings (SSSR count). The molecule has 0 bridgehead atoms. The summed E-state index contributed by atoms with van der Waals surface area (Å²) in [6.45, 7) is 0. The Morgan fingerprint density at radius 2 is 1.70 bits per heavy atom. The third-order valence-corrected chi connectivity index (χ3v) is 3.99. The molecule has 0 aromatic heterocycles. The minimum Gasteiger partial charge on any atom is -0.497 e. The summed E-state index contributed by atoms with van der Waals surface area (Å²) in [5.74, 6) is 1.92. The molecule has 1 atom stereocenters. The van der Waals surface area contributed by atoms with E-state index in [0.29, 0.717) is 11.8 Å². The van der Waals surface area contributed by atoms with Crippen molar-refractivity contribution >= 4 is 23.2 Å². The van der Waals surface area contributed by atoms with Gasteiger partial charge in [0.1, 0.15) is 5.75 Å². The average molecular weight is 309 g/mol. The first-order valence-corrected chi connectivity index (χ1v) is 7.56. The molecule has 0 radical (unpaired) electrons. The van der Waals surface area contributed by atoms with Crippen LogP contribution in [0.15, 0.2) is 48.5 Å². The Morgan fingerprint density at radius 3 is 2.30 bits per heavy atom. The van der Waals surface area contributed by atoms with Crippen molar-refractivity contribution in [2.24, 2.45) is 5.92 Å². The Kier molecular flexibility index (Phi) is 5.75. The molecular formula is C17H18Cl2O. The molecule has 106 valence electrons. The summed E-state index contributed by atoms with van der Waals surface area (Å²) in [5, 5.41) is 0.778. The number of benzene rings is 2. The van der Waals surface area contributed by atoms with Crippen molar-refractivity contribution in [1.29, 1.82) is 0 Å². The number of ether oxygens (including phenoxy) is 1. The summed E-state index contributed by atoms with van der Waals surface area (Å²) >= 11 is 12.1. The molecule has 0 saturated carbocycles. The van der Waals surface area contributed by atoms with Gasteiger partial charge < -0.3 is 4.74 Å². The van der Waals surface area contributed by atoms with Gasteiger partial charge >= 0.3 is 0 Å². The quantitative estimate of drug-likeness (QED) is 0.683. The van der Waals surface area contributed by atoms with Crippen LogP contribution in [0, 0.1) is 5.92 Å². The fraction of sp³-hybridized carbons (Fsp3) is 0.294. The maximum atomic E-state index is 6.11. The van der Waals surface area contributed by atoms with E-state index in [1.807, 2.05) is 30.3 Å². The van der Waals surface area contributed by atoms with E-state index in [2.05, 4.69) is 18.2 Å². The Labute approximate surface area is 130 Å². The molecule has 0 aliphatic heterocycles. The lowest BCUT2D eigenvalue weighted by atomic mass is 9.94. The number of rotatable bonds is 6. The van der Waals surface area contributed by atoms with Crippen LogP contribution in [0.5, 0.6) is 5.75 Å². The predicted octanol–water partition coefficient (Wildman–Crippen LogP) is 4.99. The third kappa shape index (κ3) is 4.43. The van der Waals surface area contributed by atoms with Gasteiger partial charge in [-0.3, -0.25) is 0 Å². The molecule has 0 heterocycles. The molecule has 1 unspecified atom stereocenters. The van der Waals surface area contributed by atoms with E-state index in [0.717, 1.165) is 23.6 Å². The number of alkyl halides is 1. The summed E-state index contributed by atoms with van der Waals surface area (Å²) in [6, 6.07) is 16.1. The van der Waals surface area contributed by atoms with Crippen molar-refractivity contribution in [1.82, 2.24) is 0 Å². The van der Waals surface area contributed by atoms with E-state index in [-0.39, 0.29) is 0 Å². The van der Waals surface area contributed by atoms with Gasteiger partial charge in [-0.2, -0.15) is 0 Å². The SMILES string of the molecule is COc1ccc(CC(CCl)Cc2cccc(Cl)c2)cc1. The zero-order chi connectivity index (χ0) is 14.4. The maximum Gasteiger partial charge on any atom is 0.118 e. The van der Waals surface area contributed by atoms with Crippen LogP contribution in [0.4, 0.5) is 0 Å². The standard InChI is InChI=1S/C17H18Cl2O/c1-20-17-7-5-13(6-8-17)9-15(12-18)10-14-3-2-4-16(19)11-14/h2-8,11,15H,9-10,12H2,1H3. The lowest BCUT2D eigenvalue weighted by Crippen LogP contribution is -2.10. The molecule has 0 aliphatic carbocycles. The monoisotopic (exact) mass is 308 g/mol. The smallest absolute Gasteiger partial charge is 0.118 e. The zero-order valence-electron chi connectivity index (χ0n) is 11.5. The maximum absolute atomic E-state index is 6.11. The van der Waals surface area contributed by atoms with Crippen molar-refractivity contribution in [2.45, 2.75) is 12.8 Å². The summed E-state index contributed by atoms with van der Waals surface area (Å²) in [5.41, 5.74) is 2.51. The van der Waals surface area contributed by atoms with Gasteiger partial charge in [0.15, 0.2) is 0 Å². The second kappa shape index (κ2) is 7.56. The largest absolute Gasteiger partial charge is 0.497 e. The highest BCUT2D eigenvalue weighted by molar-refractivity contribution is 6.30. The number of hydrogen-bond acceptors (Lipinski definition) is 1. The lowest BCUT2D eigenvalue weighted by Gasteiger charge is -2.14. The summed E-state index contributed by atoms with van der Waals surface area (Å²) < 4.78 is 5.17. The predicted molar refractivity (Wildman–Crippen MR) is 86.1 cm³/mol. The number of hydrogen-bond donors (Lipinski definition) is 0. The molecular weight excluding hydrogens is 291 g/mol. The topological polar surface area (TPSA) is 9.23 Å². The number of methoxy groups -OCH3 is 1. The minimum atomic E-state index is 0.406. The van der Waals surface area contributed by atoms with Gasteiger partial charge in [-0.25, -0.2) is 0 Å². The third-order valence-electron chi connectivity index (χ3n) is 3.32.